The molecule has 0 amide bonds. The summed E-state index contributed by atoms with van der Waals surface area (Å²) in [5, 5.41) is 9.10. The van der Waals surface area contributed by atoms with Gasteiger partial charge in [0.25, 0.3) is 0 Å². The summed E-state index contributed by atoms with van der Waals surface area (Å²) in [6.45, 7) is 0. The molecule has 2 rings (SSSR count). The van der Waals surface area contributed by atoms with Crippen LogP contribution < -0.4 is 16.2 Å². The second-order valence-electron chi connectivity index (χ2n) is 3.53. The molecule has 0 radical (unpaired) electrons. The van der Waals surface area contributed by atoms with Gasteiger partial charge in [0.2, 0.25) is 5.96 Å². The van der Waals surface area contributed by atoms with Crippen molar-refractivity contribution in [3.8, 4) is 0 Å². The molecule has 0 saturated heterocycles. The highest BCUT2D eigenvalue weighted by Crippen LogP contribution is 2.15. The standard InChI is InChI=1S/C13H14N4/c14-13(15)17(12-9-5-2-6-10-12)16-11-7-3-1-4-8-11/h1-10,16H,(H3,14,15). The Labute approximate surface area is 100 Å². The van der Waals surface area contributed by atoms with Gasteiger partial charge in [-0.25, -0.2) is 5.01 Å². The topological polar surface area (TPSA) is 65.1 Å². The Kier molecular flexibility index (Phi) is 3.25. The Bertz CT molecular complexity index is 481. The van der Waals surface area contributed by atoms with E-state index in [2.05, 4.69) is 5.43 Å². The zero-order valence-electron chi connectivity index (χ0n) is 9.30. The second kappa shape index (κ2) is 5.03. The maximum atomic E-state index is 7.58. The van der Waals surface area contributed by atoms with E-state index in [-0.39, 0.29) is 5.96 Å². The fraction of sp³-hybridized carbons (Fsp3) is 0. The van der Waals surface area contributed by atoms with Crippen molar-refractivity contribution >= 4 is 17.3 Å². The van der Waals surface area contributed by atoms with Gasteiger partial charge in [0.1, 0.15) is 0 Å². The lowest BCUT2D eigenvalue weighted by molar-refractivity contribution is 1.16. The van der Waals surface area contributed by atoms with Gasteiger partial charge < -0.3 is 5.73 Å². The largest absolute Gasteiger partial charge is 0.368 e. The maximum Gasteiger partial charge on any atom is 0.212 e. The summed E-state index contributed by atoms with van der Waals surface area (Å²) in [7, 11) is 0. The molecular formula is C13H14N4. The van der Waals surface area contributed by atoms with Gasteiger partial charge in [-0.2, -0.15) is 0 Å². The molecule has 0 aliphatic carbocycles. The lowest BCUT2D eigenvalue weighted by atomic mass is 10.3. The summed E-state index contributed by atoms with van der Waals surface area (Å²) in [5.41, 5.74) is 10.3. The van der Waals surface area contributed by atoms with E-state index in [9.17, 15) is 0 Å². The van der Waals surface area contributed by atoms with Crippen molar-refractivity contribution < 1.29 is 0 Å². The van der Waals surface area contributed by atoms with Crippen molar-refractivity contribution in [1.82, 2.24) is 0 Å². The first-order valence-corrected chi connectivity index (χ1v) is 5.28. The SMILES string of the molecule is N=C(N)N(Nc1ccccc1)c1ccccc1. The molecular weight excluding hydrogens is 212 g/mol. The van der Waals surface area contributed by atoms with Crippen LogP contribution in [0.4, 0.5) is 11.4 Å². The third-order valence-electron chi connectivity index (χ3n) is 2.27. The van der Waals surface area contributed by atoms with Crippen LogP contribution in [0.15, 0.2) is 60.7 Å². The van der Waals surface area contributed by atoms with Crippen molar-refractivity contribution in [3.05, 3.63) is 60.7 Å². The van der Waals surface area contributed by atoms with Crippen molar-refractivity contribution in [2.45, 2.75) is 0 Å². The molecule has 4 N–H and O–H groups in total. The zero-order valence-corrected chi connectivity index (χ0v) is 9.30. The van der Waals surface area contributed by atoms with Crippen LogP contribution in [0.1, 0.15) is 0 Å². The van der Waals surface area contributed by atoms with E-state index in [0.717, 1.165) is 11.4 Å². The molecule has 0 spiro atoms. The Morgan fingerprint density at radius 3 is 2.00 bits per heavy atom. The molecule has 0 aliphatic rings. The van der Waals surface area contributed by atoms with E-state index in [0.29, 0.717) is 0 Å². The third kappa shape index (κ3) is 2.75. The highest BCUT2D eigenvalue weighted by Gasteiger charge is 2.08. The lowest BCUT2D eigenvalue weighted by Crippen LogP contribution is -2.40. The third-order valence-corrected chi connectivity index (χ3v) is 2.27. The van der Waals surface area contributed by atoms with Gasteiger partial charge in [0.05, 0.1) is 11.4 Å². The van der Waals surface area contributed by atoms with E-state index in [1.807, 2.05) is 60.7 Å². The first-order valence-electron chi connectivity index (χ1n) is 5.28. The number of nitrogens with one attached hydrogen (secondary N) is 2. The van der Waals surface area contributed by atoms with Crippen molar-refractivity contribution in [1.29, 1.82) is 5.41 Å². The minimum absolute atomic E-state index is 0.0555. The number of anilines is 2. The minimum Gasteiger partial charge on any atom is -0.368 e. The van der Waals surface area contributed by atoms with Crippen molar-refractivity contribution in [2.75, 3.05) is 10.4 Å². The molecule has 86 valence electrons. The van der Waals surface area contributed by atoms with Crippen LogP contribution in [0.3, 0.4) is 0 Å². The van der Waals surface area contributed by atoms with Gasteiger partial charge in [-0.05, 0) is 24.3 Å². The molecule has 0 atom stereocenters. The normalized spacial score (nSPS) is 9.65. The number of benzene rings is 2. The zero-order chi connectivity index (χ0) is 12.1. The van der Waals surface area contributed by atoms with E-state index in [1.165, 1.54) is 5.01 Å². The molecule has 0 bridgehead atoms. The summed E-state index contributed by atoms with van der Waals surface area (Å²) >= 11 is 0. The van der Waals surface area contributed by atoms with Crippen LogP contribution >= 0.6 is 0 Å². The quantitative estimate of drug-likeness (QED) is 0.428. The summed E-state index contributed by atoms with van der Waals surface area (Å²) in [4.78, 5) is 0. The minimum atomic E-state index is -0.0555. The first-order chi connectivity index (χ1) is 8.27. The van der Waals surface area contributed by atoms with E-state index < -0.39 is 0 Å². The molecule has 17 heavy (non-hydrogen) atoms. The molecule has 0 heterocycles. The van der Waals surface area contributed by atoms with Gasteiger partial charge >= 0.3 is 0 Å². The van der Waals surface area contributed by atoms with Crippen molar-refractivity contribution in [3.63, 3.8) is 0 Å². The predicted octanol–water partition coefficient (Wildman–Crippen LogP) is 2.41. The average Bonchev–Trinajstić information content (AvgIpc) is 2.38. The smallest absolute Gasteiger partial charge is 0.212 e. The molecule has 2 aromatic rings. The molecule has 0 aromatic heterocycles. The second-order valence-corrected chi connectivity index (χ2v) is 3.53. The van der Waals surface area contributed by atoms with Gasteiger partial charge in [0.15, 0.2) is 0 Å². The lowest BCUT2D eigenvalue weighted by Gasteiger charge is -2.24. The number of hydrogen-bond acceptors (Lipinski definition) is 2. The Hall–Kier alpha value is -2.49. The number of guanidine groups is 1. The summed E-state index contributed by atoms with van der Waals surface area (Å²) in [5.74, 6) is -0.0555. The fourth-order valence-corrected chi connectivity index (χ4v) is 1.48. The molecule has 4 nitrogen and oxygen atoms in total. The highest BCUT2D eigenvalue weighted by molar-refractivity contribution is 5.94. The molecule has 0 unspecified atom stereocenters. The predicted molar refractivity (Wildman–Crippen MR) is 70.9 cm³/mol. The van der Waals surface area contributed by atoms with Gasteiger partial charge in [-0.1, -0.05) is 36.4 Å². The van der Waals surface area contributed by atoms with Gasteiger partial charge in [-0.3, -0.25) is 10.8 Å². The number of para-hydroxylation sites is 2. The summed E-state index contributed by atoms with van der Waals surface area (Å²) < 4.78 is 0. The number of hydrazine groups is 1. The van der Waals surface area contributed by atoms with Crippen molar-refractivity contribution in [2.24, 2.45) is 5.73 Å². The van der Waals surface area contributed by atoms with Gasteiger partial charge in [0, 0.05) is 0 Å². The number of rotatable bonds is 3. The van der Waals surface area contributed by atoms with Crippen LogP contribution in [0, 0.1) is 5.41 Å². The molecule has 0 saturated carbocycles. The van der Waals surface area contributed by atoms with E-state index in [4.69, 9.17) is 11.1 Å². The van der Waals surface area contributed by atoms with Gasteiger partial charge in [-0.15, -0.1) is 0 Å². The van der Waals surface area contributed by atoms with E-state index >= 15 is 0 Å². The Balaban J connectivity index is 2.23. The average molecular weight is 226 g/mol. The van der Waals surface area contributed by atoms with Crippen LogP contribution in [0.25, 0.3) is 0 Å². The van der Waals surface area contributed by atoms with Crippen LogP contribution in [-0.2, 0) is 0 Å². The number of nitrogens with zero attached hydrogens (tertiary/aromatic N) is 1. The number of nitrogens with two attached hydrogens (primary N) is 1. The maximum absolute atomic E-state index is 7.58. The summed E-state index contributed by atoms with van der Waals surface area (Å²) in [6.07, 6.45) is 0. The molecule has 0 fully saturated rings. The number of hydrogen-bond donors (Lipinski definition) is 3. The van der Waals surface area contributed by atoms with Crippen LogP contribution in [0.5, 0.6) is 0 Å². The van der Waals surface area contributed by atoms with Crippen LogP contribution in [0.2, 0.25) is 0 Å². The van der Waals surface area contributed by atoms with Crippen LogP contribution in [-0.4, -0.2) is 5.96 Å². The molecule has 0 aliphatic heterocycles. The van der Waals surface area contributed by atoms with E-state index in [1.54, 1.807) is 0 Å². The Morgan fingerprint density at radius 1 is 0.941 bits per heavy atom. The first kappa shape index (κ1) is 11.0. The molecule has 4 heteroatoms. The molecule has 2 aromatic carbocycles. The highest BCUT2D eigenvalue weighted by atomic mass is 15.5. The Morgan fingerprint density at radius 2 is 1.47 bits per heavy atom. The monoisotopic (exact) mass is 226 g/mol. The summed E-state index contributed by atoms with van der Waals surface area (Å²) in [6, 6.07) is 19.1. The fourth-order valence-electron chi connectivity index (χ4n) is 1.48.